The Balaban J connectivity index is 1.73. The Morgan fingerprint density at radius 3 is 2.73 bits per heavy atom. The van der Waals surface area contributed by atoms with Gasteiger partial charge < -0.3 is 14.4 Å². The molecule has 1 saturated carbocycles. The number of hydrogen-bond donors (Lipinski definition) is 1. The van der Waals surface area contributed by atoms with Crippen molar-refractivity contribution in [1.82, 2.24) is 4.90 Å². The van der Waals surface area contributed by atoms with E-state index < -0.39 is 5.60 Å². The fraction of sp³-hybridized carbons (Fsp3) is 0.500. The quantitative estimate of drug-likeness (QED) is 0.942. The second-order valence-corrected chi connectivity index (χ2v) is 6.53. The second-order valence-electron chi connectivity index (χ2n) is 6.53. The number of carbonyl (C=O) groups is 1. The van der Waals surface area contributed by atoms with Crippen molar-refractivity contribution in [2.75, 3.05) is 13.6 Å². The molecule has 1 fully saturated rings. The van der Waals surface area contributed by atoms with Gasteiger partial charge in [-0.25, -0.2) is 0 Å². The van der Waals surface area contributed by atoms with Crippen LogP contribution in [0.2, 0.25) is 0 Å². The van der Waals surface area contributed by atoms with Crippen LogP contribution >= 0.6 is 0 Å². The number of benzene rings is 1. The zero-order valence-electron chi connectivity index (χ0n) is 13.2. The number of aliphatic hydroxyl groups is 1. The minimum absolute atomic E-state index is 0.0145. The van der Waals surface area contributed by atoms with Gasteiger partial charge in [0.25, 0.3) is 0 Å². The Labute approximate surface area is 130 Å². The third-order valence-corrected chi connectivity index (χ3v) is 4.68. The SMILES string of the molecule is CC(C(=O)N(C)CC1(O)CCCC1)c1cc2ccccc2o1. The number of nitrogens with zero attached hydrogens (tertiary/aromatic N) is 1. The number of likely N-dealkylation sites (N-methyl/N-ethyl adjacent to an activating group) is 1. The van der Waals surface area contributed by atoms with Gasteiger partial charge in [0, 0.05) is 19.0 Å². The molecular formula is C18H23NO3. The van der Waals surface area contributed by atoms with Crippen LogP contribution in [-0.2, 0) is 4.79 Å². The topological polar surface area (TPSA) is 53.7 Å². The van der Waals surface area contributed by atoms with Crippen LogP contribution < -0.4 is 0 Å². The first-order valence-electron chi connectivity index (χ1n) is 7.94. The van der Waals surface area contributed by atoms with Crippen molar-refractivity contribution >= 4 is 16.9 Å². The first kappa shape index (κ1) is 15.1. The molecule has 0 radical (unpaired) electrons. The molecule has 1 aliphatic rings. The second kappa shape index (κ2) is 5.76. The fourth-order valence-corrected chi connectivity index (χ4v) is 3.38. The normalized spacial score (nSPS) is 18.5. The summed E-state index contributed by atoms with van der Waals surface area (Å²) < 4.78 is 5.79. The standard InChI is InChI=1S/C18H23NO3/c1-13(16-11-14-7-3-4-8-15(14)22-16)17(20)19(2)12-18(21)9-5-6-10-18/h3-4,7-8,11,13,21H,5-6,9-10,12H2,1-2H3. The van der Waals surface area contributed by atoms with E-state index in [1.807, 2.05) is 37.3 Å². The summed E-state index contributed by atoms with van der Waals surface area (Å²) in [7, 11) is 1.76. The lowest BCUT2D eigenvalue weighted by Crippen LogP contribution is -2.43. The molecule has 1 aromatic carbocycles. The molecule has 1 unspecified atom stereocenters. The smallest absolute Gasteiger partial charge is 0.232 e. The Hall–Kier alpha value is -1.81. The van der Waals surface area contributed by atoms with Crippen molar-refractivity contribution in [3.8, 4) is 0 Å². The van der Waals surface area contributed by atoms with Crippen molar-refractivity contribution in [3.05, 3.63) is 36.1 Å². The first-order chi connectivity index (χ1) is 10.5. The number of furan rings is 1. The van der Waals surface area contributed by atoms with Crippen LogP contribution in [0.5, 0.6) is 0 Å². The Kier molecular flexibility index (Phi) is 3.96. The van der Waals surface area contributed by atoms with E-state index in [0.29, 0.717) is 12.3 Å². The number of fused-ring (bicyclic) bond motifs is 1. The van der Waals surface area contributed by atoms with Crippen molar-refractivity contribution < 1.29 is 14.3 Å². The van der Waals surface area contributed by atoms with Gasteiger partial charge in [-0.2, -0.15) is 0 Å². The predicted molar refractivity (Wildman–Crippen MR) is 85.7 cm³/mol. The van der Waals surface area contributed by atoms with Gasteiger partial charge in [-0.1, -0.05) is 31.0 Å². The number of carbonyl (C=O) groups excluding carboxylic acids is 1. The molecule has 0 aliphatic heterocycles. The summed E-state index contributed by atoms with van der Waals surface area (Å²) in [6, 6.07) is 9.68. The highest BCUT2D eigenvalue weighted by Crippen LogP contribution is 2.31. The molecule has 0 bridgehead atoms. The minimum atomic E-state index is -0.710. The third-order valence-electron chi connectivity index (χ3n) is 4.68. The fourth-order valence-electron chi connectivity index (χ4n) is 3.38. The summed E-state index contributed by atoms with van der Waals surface area (Å²) in [5.74, 6) is 0.318. The minimum Gasteiger partial charge on any atom is -0.460 e. The molecule has 1 amide bonds. The predicted octanol–water partition coefficient (Wildman–Crippen LogP) is 3.30. The lowest BCUT2D eigenvalue weighted by molar-refractivity contribution is -0.134. The van der Waals surface area contributed by atoms with E-state index in [2.05, 4.69) is 0 Å². The maximum atomic E-state index is 12.6. The summed E-state index contributed by atoms with van der Waals surface area (Å²) in [4.78, 5) is 14.2. The maximum absolute atomic E-state index is 12.6. The van der Waals surface area contributed by atoms with Gasteiger partial charge in [-0.15, -0.1) is 0 Å². The highest BCUT2D eigenvalue weighted by molar-refractivity contribution is 5.85. The highest BCUT2D eigenvalue weighted by Gasteiger charge is 2.34. The van der Waals surface area contributed by atoms with Gasteiger partial charge in [0.05, 0.1) is 11.5 Å². The Morgan fingerprint density at radius 1 is 1.36 bits per heavy atom. The van der Waals surface area contributed by atoms with Crippen molar-refractivity contribution in [2.24, 2.45) is 0 Å². The van der Waals surface area contributed by atoms with Gasteiger partial charge in [0.2, 0.25) is 5.91 Å². The van der Waals surface area contributed by atoms with Gasteiger partial charge >= 0.3 is 0 Å². The number of rotatable bonds is 4. The summed E-state index contributed by atoms with van der Waals surface area (Å²) in [5.41, 5.74) is 0.0899. The lowest BCUT2D eigenvalue weighted by Gasteiger charge is -2.29. The van der Waals surface area contributed by atoms with E-state index in [-0.39, 0.29) is 11.8 Å². The van der Waals surface area contributed by atoms with E-state index >= 15 is 0 Å². The summed E-state index contributed by atoms with van der Waals surface area (Å²) in [5, 5.41) is 11.5. The highest BCUT2D eigenvalue weighted by atomic mass is 16.3. The van der Waals surface area contributed by atoms with Crippen LogP contribution in [0.15, 0.2) is 34.7 Å². The van der Waals surface area contributed by atoms with E-state index in [1.165, 1.54) is 0 Å². The van der Waals surface area contributed by atoms with Crippen LogP contribution in [-0.4, -0.2) is 35.1 Å². The summed E-state index contributed by atoms with van der Waals surface area (Å²) >= 11 is 0. The molecule has 3 rings (SSSR count). The van der Waals surface area contributed by atoms with Crippen molar-refractivity contribution in [2.45, 2.75) is 44.1 Å². The molecule has 22 heavy (non-hydrogen) atoms. The zero-order chi connectivity index (χ0) is 15.7. The first-order valence-corrected chi connectivity index (χ1v) is 7.94. The molecule has 2 aromatic rings. The summed E-state index contributed by atoms with van der Waals surface area (Å²) in [6.45, 7) is 2.26. The van der Waals surface area contributed by atoms with E-state index in [4.69, 9.17) is 4.42 Å². The van der Waals surface area contributed by atoms with Crippen molar-refractivity contribution in [1.29, 1.82) is 0 Å². The molecule has 4 heteroatoms. The molecule has 1 N–H and O–H groups in total. The van der Waals surface area contributed by atoms with Crippen LogP contribution in [0.4, 0.5) is 0 Å². The molecule has 1 atom stereocenters. The molecule has 1 heterocycles. The van der Waals surface area contributed by atoms with Crippen LogP contribution in [0.1, 0.15) is 44.3 Å². The number of amides is 1. The molecule has 1 aliphatic carbocycles. The molecule has 0 spiro atoms. The van der Waals surface area contributed by atoms with E-state index in [0.717, 1.165) is 36.7 Å². The van der Waals surface area contributed by atoms with E-state index in [1.54, 1.807) is 11.9 Å². The van der Waals surface area contributed by atoms with Crippen molar-refractivity contribution in [3.63, 3.8) is 0 Å². The molecule has 0 saturated heterocycles. The molecular weight excluding hydrogens is 278 g/mol. The Morgan fingerprint density at radius 2 is 2.05 bits per heavy atom. The van der Waals surface area contributed by atoms with Gasteiger partial charge in [-0.3, -0.25) is 4.79 Å². The molecule has 1 aromatic heterocycles. The van der Waals surface area contributed by atoms with E-state index in [9.17, 15) is 9.90 Å². The average molecular weight is 301 g/mol. The third kappa shape index (κ3) is 2.88. The maximum Gasteiger partial charge on any atom is 0.232 e. The van der Waals surface area contributed by atoms with Gasteiger partial charge in [-0.05, 0) is 31.9 Å². The Bertz CT molecular complexity index is 637. The van der Waals surface area contributed by atoms with Crippen LogP contribution in [0.3, 0.4) is 0 Å². The largest absolute Gasteiger partial charge is 0.460 e. The number of para-hydroxylation sites is 1. The van der Waals surface area contributed by atoms with Crippen LogP contribution in [0, 0.1) is 0 Å². The monoisotopic (exact) mass is 301 g/mol. The average Bonchev–Trinajstić information content (AvgIpc) is 3.11. The van der Waals surface area contributed by atoms with Gasteiger partial charge in [0.1, 0.15) is 11.3 Å². The molecule has 118 valence electrons. The summed E-state index contributed by atoms with van der Waals surface area (Å²) in [6.07, 6.45) is 3.64. The zero-order valence-corrected chi connectivity index (χ0v) is 13.2. The lowest BCUT2D eigenvalue weighted by atomic mass is 10.0. The molecule has 4 nitrogen and oxygen atoms in total. The number of hydrogen-bond acceptors (Lipinski definition) is 3. The van der Waals surface area contributed by atoms with Crippen LogP contribution in [0.25, 0.3) is 11.0 Å². The van der Waals surface area contributed by atoms with Gasteiger partial charge in [0.15, 0.2) is 0 Å².